The maximum atomic E-state index is 13.1. The Morgan fingerprint density at radius 2 is 1.86 bits per heavy atom. The molecule has 1 saturated carbocycles. The average Bonchev–Trinajstić information content (AvgIpc) is 3.20. The predicted molar refractivity (Wildman–Crippen MR) is 115 cm³/mol. The van der Waals surface area contributed by atoms with Gasteiger partial charge in [0.2, 0.25) is 11.8 Å². The lowest BCUT2D eigenvalue weighted by molar-refractivity contribution is -0.144. The van der Waals surface area contributed by atoms with Crippen LogP contribution in [-0.4, -0.2) is 39.5 Å². The van der Waals surface area contributed by atoms with E-state index in [0.717, 1.165) is 66.2 Å². The molecule has 1 aromatic carbocycles. The minimum Gasteiger partial charge on any atom is -0.330 e. The van der Waals surface area contributed by atoms with Crippen molar-refractivity contribution in [3.05, 3.63) is 29.3 Å². The summed E-state index contributed by atoms with van der Waals surface area (Å²) in [6, 6.07) is 7.31. The summed E-state index contributed by atoms with van der Waals surface area (Å²) in [5.41, 5.74) is 1.67. The predicted octanol–water partition coefficient (Wildman–Crippen LogP) is 4.41. The average molecular weight is 413 g/mol. The number of aryl methyl sites for hydroxylation is 1. The van der Waals surface area contributed by atoms with Gasteiger partial charge < -0.3 is 10.2 Å². The number of hydrogen-bond acceptors (Lipinski definition) is 5. The van der Waals surface area contributed by atoms with E-state index in [1.165, 1.54) is 17.8 Å². The van der Waals surface area contributed by atoms with Crippen LogP contribution < -0.4 is 5.32 Å². The van der Waals surface area contributed by atoms with E-state index in [1.54, 1.807) is 0 Å². The van der Waals surface area contributed by atoms with Crippen LogP contribution in [0.3, 0.4) is 0 Å². The van der Waals surface area contributed by atoms with Crippen molar-refractivity contribution in [2.45, 2.75) is 64.3 Å². The molecule has 154 valence electrons. The van der Waals surface area contributed by atoms with Gasteiger partial charge >= 0.3 is 0 Å². The number of carbonyl (C=O) groups excluding carboxylic acids is 2. The van der Waals surface area contributed by atoms with Crippen LogP contribution in [0.25, 0.3) is 10.6 Å². The molecule has 4 rings (SSSR count). The zero-order valence-corrected chi connectivity index (χ0v) is 17.7. The second kappa shape index (κ2) is 9.03. The summed E-state index contributed by atoms with van der Waals surface area (Å²) in [4.78, 5) is 28.0. The maximum Gasteiger partial charge on any atom is 0.247 e. The van der Waals surface area contributed by atoms with Crippen molar-refractivity contribution >= 4 is 28.8 Å². The van der Waals surface area contributed by atoms with Crippen molar-refractivity contribution in [1.29, 1.82) is 0 Å². The van der Waals surface area contributed by atoms with Crippen molar-refractivity contribution < 1.29 is 9.59 Å². The number of aromatic nitrogens is 2. The Bertz CT molecular complexity index is 875. The maximum absolute atomic E-state index is 13.1. The molecule has 2 fully saturated rings. The van der Waals surface area contributed by atoms with Gasteiger partial charge in [-0.3, -0.25) is 9.59 Å². The fraction of sp³-hybridized carbons (Fsp3) is 0.545. The molecule has 0 spiro atoms. The van der Waals surface area contributed by atoms with E-state index in [4.69, 9.17) is 0 Å². The smallest absolute Gasteiger partial charge is 0.247 e. The molecule has 2 aromatic rings. The highest BCUT2D eigenvalue weighted by Gasteiger charge is 2.35. The summed E-state index contributed by atoms with van der Waals surface area (Å²) in [5, 5.41) is 13.0. The Balaban J connectivity index is 1.47. The van der Waals surface area contributed by atoms with Gasteiger partial charge in [-0.1, -0.05) is 42.7 Å². The van der Waals surface area contributed by atoms with Crippen LogP contribution in [0.4, 0.5) is 5.69 Å². The minimum atomic E-state index is -0.370. The number of nitrogens with one attached hydrogen (secondary N) is 1. The standard InChI is InChI=1S/C22H28N4O2S/c1-15-24-25-21(29-15)17-10-7-11-18(14-17)23-20(27)19-12-5-6-13-26(19)22(28)16-8-3-2-4-9-16/h7,10-11,14,16,19H,2-6,8-9,12-13H2,1H3,(H,23,27)/t19-/m1/s1. The number of carbonyl (C=O) groups is 2. The molecule has 1 atom stereocenters. The third-order valence-corrected chi connectivity index (χ3v) is 6.83. The molecular weight excluding hydrogens is 384 g/mol. The molecule has 2 aliphatic rings. The summed E-state index contributed by atoms with van der Waals surface area (Å²) in [7, 11) is 0. The van der Waals surface area contributed by atoms with Crippen LogP contribution in [0.1, 0.15) is 56.4 Å². The first-order valence-electron chi connectivity index (χ1n) is 10.6. The second-order valence-electron chi connectivity index (χ2n) is 8.07. The largest absolute Gasteiger partial charge is 0.330 e. The molecule has 29 heavy (non-hydrogen) atoms. The van der Waals surface area contributed by atoms with Crippen LogP contribution >= 0.6 is 11.3 Å². The van der Waals surface area contributed by atoms with E-state index in [2.05, 4.69) is 15.5 Å². The van der Waals surface area contributed by atoms with E-state index >= 15 is 0 Å². The van der Waals surface area contributed by atoms with Crippen molar-refractivity contribution in [3.63, 3.8) is 0 Å². The van der Waals surface area contributed by atoms with E-state index in [-0.39, 0.29) is 23.8 Å². The quantitative estimate of drug-likeness (QED) is 0.807. The fourth-order valence-electron chi connectivity index (χ4n) is 4.42. The van der Waals surface area contributed by atoms with Gasteiger partial charge in [-0.15, -0.1) is 10.2 Å². The Morgan fingerprint density at radius 3 is 2.62 bits per heavy atom. The molecule has 1 aliphatic carbocycles. The lowest BCUT2D eigenvalue weighted by Gasteiger charge is -2.37. The molecular formula is C22H28N4O2S. The van der Waals surface area contributed by atoms with E-state index in [9.17, 15) is 9.59 Å². The van der Waals surface area contributed by atoms with Gasteiger partial charge in [-0.25, -0.2) is 0 Å². The Morgan fingerprint density at radius 1 is 1.07 bits per heavy atom. The van der Waals surface area contributed by atoms with Crippen LogP contribution in [0, 0.1) is 12.8 Å². The Hall–Kier alpha value is -2.28. The molecule has 6 nitrogen and oxygen atoms in total. The molecule has 1 N–H and O–H groups in total. The van der Waals surface area contributed by atoms with Crippen LogP contribution in [0.5, 0.6) is 0 Å². The lowest BCUT2D eigenvalue weighted by Crippen LogP contribution is -2.52. The van der Waals surface area contributed by atoms with Gasteiger partial charge in [0.05, 0.1) is 0 Å². The highest BCUT2D eigenvalue weighted by molar-refractivity contribution is 7.14. The van der Waals surface area contributed by atoms with Gasteiger partial charge in [0, 0.05) is 23.7 Å². The molecule has 1 saturated heterocycles. The molecule has 2 heterocycles. The molecule has 0 radical (unpaired) electrons. The number of hydrogen-bond donors (Lipinski definition) is 1. The third kappa shape index (κ3) is 4.66. The number of amides is 2. The van der Waals surface area contributed by atoms with Crippen LogP contribution in [-0.2, 0) is 9.59 Å². The van der Waals surface area contributed by atoms with Gasteiger partial charge in [-0.2, -0.15) is 0 Å². The van der Waals surface area contributed by atoms with Crippen molar-refractivity contribution in [2.75, 3.05) is 11.9 Å². The summed E-state index contributed by atoms with van der Waals surface area (Å²) in [6.07, 6.45) is 8.10. The first-order valence-corrected chi connectivity index (χ1v) is 11.5. The lowest BCUT2D eigenvalue weighted by atomic mass is 9.87. The highest BCUT2D eigenvalue weighted by Crippen LogP contribution is 2.29. The molecule has 1 aliphatic heterocycles. The third-order valence-electron chi connectivity index (χ3n) is 5.95. The van der Waals surface area contributed by atoms with E-state index in [1.807, 2.05) is 36.1 Å². The Labute approximate surface area is 175 Å². The van der Waals surface area contributed by atoms with Gasteiger partial charge in [0.25, 0.3) is 0 Å². The molecule has 7 heteroatoms. The molecule has 0 unspecified atom stereocenters. The topological polar surface area (TPSA) is 75.2 Å². The normalized spacial score (nSPS) is 20.4. The first-order chi connectivity index (χ1) is 14.1. The molecule has 1 aromatic heterocycles. The summed E-state index contributed by atoms with van der Waals surface area (Å²) in [5.74, 6) is 0.197. The van der Waals surface area contributed by atoms with E-state index < -0.39 is 0 Å². The van der Waals surface area contributed by atoms with Gasteiger partial charge in [0.15, 0.2) is 0 Å². The fourth-order valence-corrected chi connectivity index (χ4v) is 5.11. The number of piperidine rings is 1. The van der Waals surface area contributed by atoms with E-state index in [0.29, 0.717) is 6.54 Å². The van der Waals surface area contributed by atoms with Gasteiger partial charge in [-0.05, 0) is 51.2 Å². The van der Waals surface area contributed by atoms with Gasteiger partial charge in [0.1, 0.15) is 16.1 Å². The van der Waals surface area contributed by atoms with Crippen LogP contribution in [0.15, 0.2) is 24.3 Å². The Kier molecular flexibility index (Phi) is 6.23. The minimum absolute atomic E-state index is 0.0838. The van der Waals surface area contributed by atoms with Crippen LogP contribution in [0.2, 0.25) is 0 Å². The number of nitrogens with zero attached hydrogens (tertiary/aromatic N) is 3. The monoisotopic (exact) mass is 412 g/mol. The number of benzene rings is 1. The summed E-state index contributed by atoms with van der Waals surface area (Å²) in [6.45, 7) is 2.62. The SMILES string of the molecule is Cc1nnc(-c2cccc(NC(=O)[C@H]3CCCCN3C(=O)C3CCCCC3)c2)s1. The zero-order chi connectivity index (χ0) is 20.2. The zero-order valence-electron chi connectivity index (χ0n) is 16.9. The number of likely N-dealkylation sites (tertiary alicyclic amines) is 1. The summed E-state index contributed by atoms with van der Waals surface area (Å²) < 4.78 is 0. The first kappa shape index (κ1) is 20.0. The summed E-state index contributed by atoms with van der Waals surface area (Å²) >= 11 is 1.53. The van der Waals surface area contributed by atoms with Crippen molar-refractivity contribution in [1.82, 2.24) is 15.1 Å². The number of rotatable bonds is 4. The van der Waals surface area contributed by atoms with Crippen molar-refractivity contribution in [2.24, 2.45) is 5.92 Å². The highest BCUT2D eigenvalue weighted by atomic mass is 32.1. The molecule has 0 bridgehead atoms. The molecule has 2 amide bonds. The number of anilines is 1. The van der Waals surface area contributed by atoms with Crippen molar-refractivity contribution in [3.8, 4) is 10.6 Å². The second-order valence-corrected chi connectivity index (χ2v) is 9.26.